The molecular formula is C15H20N4OS. The van der Waals surface area contributed by atoms with Crippen LogP contribution >= 0.6 is 11.8 Å². The van der Waals surface area contributed by atoms with Crippen LogP contribution in [0.15, 0.2) is 28.3 Å². The second-order valence-corrected chi connectivity index (χ2v) is 6.07. The first-order valence-corrected chi connectivity index (χ1v) is 8.22. The smallest absolute Gasteiger partial charge is 0.196 e. The predicted octanol–water partition coefficient (Wildman–Crippen LogP) is 3.14. The number of nitrogen functional groups attached to an aromatic ring is 1. The van der Waals surface area contributed by atoms with Crippen molar-refractivity contribution in [2.45, 2.75) is 49.2 Å². The largest absolute Gasteiger partial charge is 0.492 e. The van der Waals surface area contributed by atoms with Gasteiger partial charge in [0.2, 0.25) is 0 Å². The number of benzene rings is 1. The van der Waals surface area contributed by atoms with Gasteiger partial charge in [0.15, 0.2) is 5.16 Å². The van der Waals surface area contributed by atoms with Gasteiger partial charge in [0, 0.05) is 17.9 Å². The van der Waals surface area contributed by atoms with E-state index in [1.54, 1.807) is 11.8 Å². The van der Waals surface area contributed by atoms with Crippen molar-refractivity contribution in [3.8, 4) is 5.75 Å². The summed E-state index contributed by atoms with van der Waals surface area (Å²) in [7, 11) is 0. The Labute approximate surface area is 128 Å². The monoisotopic (exact) mass is 304 g/mol. The summed E-state index contributed by atoms with van der Waals surface area (Å²) in [6.07, 6.45) is 4.66. The third-order valence-corrected chi connectivity index (χ3v) is 4.66. The first-order chi connectivity index (χ1) is 10.3. The maximum atomic E-state index is 6.19. The zero-order chi connectivity index (χ0) is 14.7. The van der Waals surface area contributed by atoms with Gasteiger partial charge in [0.05, 0.1) is 12.3 Å². The van der Waals surface area contributed by atoms with Gasteiger partial charge in [-0.3, -0.25) is 0 Å². The molecule has 0 aliphatic carbocycles. The number of fused-ring (bicyclic) bond motifs is 1. The molecule has 6 heteroatoms. The lowest BCUT2D eigenvalue weighted by Gasteiger charge is -2.11. The minimum Gasteiger partial charge on any atom is -0.492 e. The molecule has 2 aromatic rings. The van der Waals surface area contributed by atoms with E-state index in [-0.39, 0.29) is 0 Å². The van der Waals surface area contributed by atoms with Gasteiger partial charge in [-0.05, 0) is 43.7 Å². The molecule has 0 amide bonds. The Balaban J connectivity index is 1.87. The average molecular weight is 304 g/mol. The van der Waals surface area contributed by atoms with E-state index in [9.17, 15) is 0 Å². The molecule has 0 fully saturated rings. The number of hydrogen-bond acceptors (Lipinski definition) is 5. The lowest BCUT2D eigenvalue weighted by atomic mass is 10.2. The maximum absolute atomic E-state index is 6.19. The average Bonchev–Trinajstić information content (AvgIpc) is 2.71. The lowest BCUT2D eigenvalue weighted by molar-refractivity contribution is 0.341. The quantitative estimate of drug-likeness (QED) is 0.879. The first-order valence-electron chi connectivity index (χ1n) is 7.41. The van der Waals surface area contributed by atoms with E-state index in [4.69, 9.17) is 10.5 Å². The van der Waals surface area contributed by atoms with Gasteiger partial charge >= 0.3 is 0 Å². The molecule has 2 heterocycles. The summed E-state index contributed by atoms with van der Waals surface area (Å²) < 4.78 is 7.77. The van der Waals surface area contributed by atoms with Gasteiger partial charge in [-0.1, -0.05) is 12.5 Å². The van der Waals surface area contributed by atoms with Crippen LogP contribution in [0.2, 0.25) is 0 Å². The van der Waals surface area contributed by atoms with Crippen molar-refractivity contribution in [1.82, 2.24) is 14.8 Å². The number of aryl methyl sites for hydroxylation is 1. The summed E-state index contributed by atoms with van der Waals surface area (Å²) in [6, 6.07) is 5.86. The van der Waals surface area contributed by atoms with E-state index < -0.39 is 0 Å². The second kappa shape index (κ2) is 6.39. The summed E-state index contributed by atoms with van der Waals surface area (Å²) in [5.74, 6) is 1.83. The Kier molecular flexibility index (Phi) is 4.34. The van der Waals surface area contributed by atoms with Crippen LogP contribution in [0.25, 0.3) is 0 Å². The number of ether oxygens (including phenoxy) is 1. The topological polar surface area (TPSA) is 66.0 Å². The van der Waals surface area contributed by atoms with E-state index >= 15 is 0 Å². The molecular weight excluding hydrogens is 284 g/mol. The Hall–Kier alpha value is -1.69. The molecule has 0 atom stereocenters. The molecule has 112 valence electrons. The number of anilines is 1. The van der Waals surface area contributed by atoms with Crippen molar-refractivity contribution in [2.24, 2.45) is 0 Å². The molecule has 0 unspecified atom stereocenters. The Morgan fingerprint density at radius 2 is 2.19 bits per heavy atom. The fourth-order valence-electron chi connectivity index (χ4n) is 2.53. The van der Waals surface area contributed by atoms with Crippen molar-refractivity contribution in [3.05, 3.63) is 24.0 Å². The lowest BCUT2D eigenvalue weighted by Crippen LogP contribution is -2.03. The van der Waals surface area contributed by atoms with E-state index in [0.717, 1.165) is 34.6 Å². The third-order valence-electron chi connectivity index (χ3n) is 3.60. The highest BCUT2D eigenvalue weighted by Crippen LogP contribution is 2.36. The highest BCUT2D eigenvalue weighted by molar-refractivity contribution is 7.99. The van der Waals surface area contributed by atoms with Crippen molar-refractivity contribution in [3.63, 3.8) is 0 Å². The molecule has 0 bridgehead atoms. The third kappa shape index (κ3) is 3.00. The number of hydrogen-bond donors (Lipinski definition) is 1. The van der Waals surface area contributed by atoms with E-state index in [1.165, 1.54) is 19.3 Å². The van der Waals surface area contributed by atoms with Gasteiger partial charge in [0.25, 0.3) is 0 Å². The number of nitrogens with zero attached hydrogens (tertiary/aromatic N) is 3. The van der Waals surface area contributed by atoms with Crippen LogP contribution in [-0.2, 0) is 13.0 Å². The number of rotatable bonds is 4. The van der Waals surface area contributed by atoms with Gasteiger partial charge in [-0.25, -0.2) is 0 Å². The van der Waals surface area contributed by atoms with Crippen LogP contribution in [-0.4, -0.2) is 21.4 Å². The molecule has 0 saturated carbocycles. The summed E-state index contributed by atoms with van der Waals surface area (Å²) in [5, 5.41) is 9.58. The molecule has 0 radical (unpaired) electrons. The highest BCUT2D eigenvalue weighted by Gasteiger charge is 2.17. The van der Waals surface area contributed by atoms with Gasteiger partial charge in [-0.2, -0.15) is 0 Å². The Bertz CT molecular complexity index is 626. The fourth-order valence-corrected chi connectivity index (χ4v) is 3.47. The minimum atomic E-state index is 0.610. The predicted molar refractivity (Wildman–Crippen MR) is 83.7 cm³/mol. The van der Waals surface area contributed by atoms with Gasteiger partial charge < -0.3 is 15.0 Å². The first kappa shape index (κ1) is 14.3. The van der Waals surface area contributed by atoms with Crippen LogP contribution in [0.1, 0.15) is 32.0 Å². The SMILES string of the molecule is CCOc1cccc(Sc2nnc3n2CCCCC3)c1N. The van der Waals surface area contributed by atoms with Crippen molar-refractivity contribution >= 4 is 17.4 Å². The normalized spacial score (nSPS) is 14.5. The minimum absolute atomic E-state index is 0.610. The second-order valence-electron chi connectivity index (χ2n) is 5.06. The van der Waals surface area contributed by atoms with E-state index in [2.05, 4.69) is 14.8 Å². The maximum Gasteiger partial charge on any atom is 0.196 e. The number of nitrogens with two attached hydrogens (primary N) is 1. The van der Waals surface area contributed by atoms with Gasteiger partial charge in [-0.15, -0.1) is 10.2 Å². The van der Waals surface area contributed by atoms with Crippen LogP contribution < -0.4 is 10.5 Å². The van der Waals surface area contributed by atoms with E-state index in [1.807, 2.05) is 25.1 Å². The summed E-state index contributed by atoms with van der Waals surface area (Å²) >= 11 is 1.57. The van der Waals surface area contributed by atoms with Crippen molar-refractivity contribution < 1.29 is 4.74 Å². The molecule has 1 aliphatic heterocycles. The molecule has 1 aromatic heterocycles. The standard InChI is InChI=1S/C15H20N4OS/c1-2-20-11-7-6-8-12(14(11)16)21-15-18-17-13-9-4-3-5-10-19(13)15/h6-8H,2-5,9-10,16H2,1H3. The zero-order valence-electron chi connectivity index (χ0n) is 12.2. The molecule has 21 heavy (non-hydrogen) atoms. The molecule has 2 N–H and O–H groups in total. The van der Waals surface area contributed by atoms with Crippen molar-refractivity contribution in [2.75, 3.05) is 12.3 Å². The number of para-hydroxylation sites is 1. The summed E-state index contributed by atoms with van der Waals surface area (Å²) in [4.78, 5) is 0.973. The Morgan fingerprint density at radius 3 is 3.05 bits per heavy atom. The summed E-state index contributed by atoms with van der Waals surface area (Å²) in [6.45, 7) is 3.56. The zero-order valence-corrected chi connectivity index (χ0v) is 13.0. The van der Waals surface area contributed by atoms with E-state index in [0.29, 0.717) is 12.3 Å². The summed E-state index contributed by atoms with van der Waals surface area (Å²) in [5.41, 5.74) is 6.87. The molecule has 0 spiro atoms. The molecule has 1 aliphatic rings. The van der Waals surface area contributed by atoms with Crippen LogP contribution in [0.4, 0.5) is 5.69 Å². The highest BCUT2D eigenvalue weighted by atomic mass is 32.2. The van der Waals surface area contributed by atoms with Gasteiger partial charge in [0.1, 0.15) is 11.6 Å². The molecule has 5 nitrogen and oxygen atoms in total. The molecule has 1 aromatic carbocycles. The molecule has 0 saturated heterocycles. The van der Waals surface area contributed by atoms with Crippen molar-refractivity contribution in [1.29, 1.82) is 0 Å². The molecule has 3 rings (SSSR count). The number of aromatic nitrogens is 3. The van der Waals surface area contributed by atoms with Crippen LogP contribution in [0.5, 0.6) is 5.75 Å². The fraction of sp³-hybridized carbons (Fsp3) is 0.467. The van der Waals surface area contributed by atoms with Crippen LogP contribution in [0.3, 0.4) is 0 Å². The van der Waals surface area contributed by atoms with Crippen LogP contribution in [0, 0.1) is 0 Å². The Morgan fingerprint density at radius 1 is 1.29 bits per heavy atom.